The molecule has 3 nitrogen and oxygen atoms in total. The summed E-state index contributed by atoms with van der Waals surface area (Å²) in [6, 6.07) is 4.33. The van der Waals surface area contributed by atoms with Crippen LogP contribution in [0.25, 0.3) is 0 Å². The van der Waals surface area contributed by atoms with Gasteiger partial charge in [-0.3, -0.25) is 4.79 Å². The Balaban J connectivity index is 2.05. The lowest BCUT2D eigenvalue weighted by Gasteiger charge is -2.39. The summed E-state index contributed by atoms with van der Waals surface area (Å²) in [7, 11) is 0. The molecule has 1 aliphatic rings. The fraction of sp³-hybridized carbons (Fsp3) is 0.562. The number of nitrogens with two attached hydrogens (primary N) is 1. The smallest absolute Gasteiger partial charge is 0.227 e. The van der Waals surface area contributed by atoms with E-state index in [0.29, 0.717) is 13.1 Å². The van der Waals surface area contributed by atoms with Crippen LogP contribution in [0.2, 0.25) is 0 Å². The number of amides is 1. The van der Waals surface area contributed by atoms with E-state index in [4.69, 9.17) is 5.73 Å². The maximum absolute atomic E-state index is 12.3. The van der Waals surface area contributed by atoms with Gasteiger partial charge in [-0.1, -0.05) is 24.1 Å². The van der Waals surface area contributed by atoms with E-state index in [1.165, 1.54) is 22.3 Å². The van der Waals surface area contributed by atoms with Crippen LogP contribution in [0.5, 0.6) is 0 Å². The third kappa shape index (κ3) is 2.66. The quantitative estimate of drug-likeness (QED) is 0.873. The van der Waals surface area contributed by atoms with E-state index in [1.54, 1.807) is 0 Å². The van der Waals surface area contributed by atoms with Gasteiger partial charge in [0.25, 0.3) is 0 Å². The van der Waals surface area contributed by atoms with Crippen molar-refractivity contribution in [1.29, 1.82) is 0 Å². The average Bonchev–Trinajstić information content (AvgIpc) is 2.26. The Labute approximate surface area is 115 Å². The van der Waals surface area contributed by atoms with E-state index in [2.05, 4.69) is 38.2 Å². The SMILES string of the molecule is Cc1cc(C)c(CNC(=O)C2(CN)CCC2)c(C)c1. The fourth-order valence-corrected chi connectivity index (χ4v) is 2.97. The van der Waals surface area contributed by atoms with E-state index in [0.717, 1.165) is 19.3 Å². The molecule has 0 bridgehead atoms. The largest absolute Gasteiger partial charge is 0.351 e. The molecule has 0 aliphatic heterocycles. The summed E-state index contributed by atoms with van der Waals surface area (Å²) in [5.41, 5.74) is 10.5. The molecule has 19 heavy (non-hydrogen) atoms. The second-order valence-electron chi connectivity index (χ2n) is 5.90. The van der Waals surface area contributed by atoms with Crippen LogP contribution < -0.4 is 11.1 Å². The predicted molar refractivity (Wildman–Crippen MR) is 77.8 cm³/mol. The van der Waals surface area contributed by atoms with Crippen molar-refractivity contribution in [3.8, 4) is 0 Å². The van der Waals surface area contributed by atoms with Gasteiger partial charge in [0.15, 0.2) is 0 Å². The van der Waals surface area contributed by atoms with Gasteiger partial charge >= 0.3 is 0 Å². The van der Waals surface area contributed by atoms with Gasteiger partial charge in [-0.25, -0.2) is 0 Å². The van der Waals surface area contributed by atoms with Crippen molar-refractivity contribution < 1.29 is 4.79 Å². The number of hydrogen-bond donors (Lipinski definition) is 2. The lowest BCUT2D eigenvalue weighted by Crippen LogP contribution is -2.50. The molecule has 1 amide bonds. The van der Waals surface area contributed by atoms with Crippen molar-refractivity contribution in [2.45, 2.75) is 46.6 Å². The highest BCUT2D eigenvalue weighted by molar-refractivity contribution is 5.83. The van der Waals surface area contributed by atoms with Gasteiger partial charge in [-0.15, -0.1) is 0 Å². The monoisotopic (exact) mass is 260 g/mol. The lowest BCUT2D eigenvalue weighted by molar-refractivity contribution is -0.135. The average molecular weight is 260 g/mol. The van der Waals surface area contributed by atoms with Crippen LogP contribution in [0.1, 0.15) is 41.5 Å². The van der Waals surface area contributed by atoms with E-state index >= 15 is 0 Å². The number of benzene rings is 1. The molecule has 0 radical (unpaired) electrons. The number of carbonyl (C=O) groups excluding carboxylic acids is 1. The maximum Gasteiger partial charge on any atom is 0.227 e. The third-order valence-corrected chi connectivity index (χ3v) is 4.45. The summed E-state index contributed by atoms with van der Waals surface area (Å²) in [4.78, 5) is 12.3. The number of nitrogens with one attached hydrogen (secondary N) is 1. The van der Waals surface area contributed by atoms with Crippen molar-refractivity contribution >= 4 is 5.91 Å². The standard InChI is InChI=1S/C16H24N2O/c1-11-7-12(2)14(13(3)8-11)9-18-15(19)16(10-17)5-4-6-16/h7-8H,4-6,9-10,17H2,1-3H3,(H,18,19). The maximum atomic E-state index is 12.3. The molecule has 1 aromatic carbocycles. The minimum absolute atomic E-state index is 0.126. The molecule has 0 aromatic heterocycles. The summed E-state index contributed by atoms with van der Waals surface area (Å²) in [6.07, 6.45) is 2.98. The van der Waals surface area contributed by atoms with Crippen LogP contribution in [-0.2, 0) is 11.3 Å². The molecule has 1 fully saturated rings. The first-order valence-corrected chi connectivity index (χ1v) is 7.03. The topological polar surface area (TPSA) is 55.1 Å². The van der Waals surface area contributed by atoms with E-state index in [1.807, 2.05) is 0 Å². The van der Waals surface area contributed by atoms with Crippen molar-refractivity contribution in [2.24, 2.45) is 11.1 Å². The second kappa shape index (κ2) is 5.33. The third-order valence-electron chi connectivity index (χ3n) is 4.45. The highest BCUT2D eigenvalue weighted by atomic mass is 16.2. The molecule has 104 valence electrons. The number of hydrogen-bond acceptors (Lipinski definition) is 2. The zero-order valence-electron chi connectivity index (χ0n) is 12.2. The first kappa shape index (κ1) is 14.1. The molecule has 1 saturated carbocycles. The first-order valence-electron chi connectivity index (χ1n) is 7.03. The second-order valence-corrected chi connectivity index (χ2v) is 5.90. The normalized spacial score (nSPS) is 16.8. The van der Waals surface area contributed by atoms with E-state index < -0.39 is 0 Å². The Morgan fingerprint density at radius 2 is 1.84 bits per heavy atom. The van der Waals surface area contributed by atoms with Crippen LogP contribution in [0, 0.1) is 26.2 Å². The first-order chi connectivity index (χ1) is 8.98. The minimum atomic E-state index is -0.285. The Morgan fingerprint density at radius 3 is 2.26 bits per heavy atom. The Hall–Kier alpha value is -1.35. The lowest BCUT2D eigenvalue weighted by atomic mass is 9.68. The highest BCUT2D eigenvalue weighted by Gasteiger charge is 2.42. The summed E-state index contributed by atoms with van der Waals surface area (Å²) in [6.45, 7) is 7.37. The Bertz CT molecular complexity index is 461. The molecular formula is C16H24N2O. The zero-order valence-corrected chi connectivity index (χ0v) is 12.2. The number of rotatable bonds is 4. The summed E-state index contributed by atoms with van der Waals surface area (Å²) < 4.78 is 0. The number of aryl methyl sites for hydroxylation is 3. The molecule has 2 rings (SSSR count). The minimum Gasteiger partial charge on any atom is -0.351 e. The van der Waals surface area contributed by atoms with Gasteiger partial charge in [0, 0.05) is 13.1 Å². The summed E-state index contributed by atoms with van der Waals surface area (Å²) in [5, 5.41) is 3.07. The molecule has 1 aliphatic carbocycles. The van der Waals surface area contributed by atoms with Gasteiger partial charge < -0.3 is 11.1 Å². The molecule has 0 spiro atoms. The van der Waals surface area contributed by atoms with Gasteiger partial charge in [0.1, 0.15) is 0 Å². The van der Waals surface area contributed by atoms with Crippen LogP contribution in [0.15, 0.2) is 12.1 Å². The Morgan fingerprint density at radius 1 is 1.26 bits per heavy atom. The van der Waals surface area contributed by atoms with Gasteiger partial charge in [-0.2, -0.15) is 0 Å². The zero-order chi connectivity index (χ0) is 14.0. The van der Waals surface area contributed by atoms with E-state index in [-0.39, 0.29) is 11.3 Å². The van der Waals surface area contributed by atoms with Crippen molar-refractivity contribution in [3.05, 3.63) is 34.4 Å². The summed E-state index contributed by atoms with van der Waals surface area (Å²) >= 11 is 0. The molecule has 0 heterocycles. The molecule has 1 aromatic rings. The molecule has 3 heteroatoms. The van der Waals surface area contributed by atoms with Crippen molar-refractivity contribution in [1.82, 2.24) is 5.32 Å². The predicted octanol–water partition coefficient (Wildman–Crippen LogP) is 2.36. The molecular weight excluding hydrogens is 236 g/mol. The van der Waals surface area contributed by atoms with Crippen molar-refractivity contribution in [3.63, 3.8) is 0 Å². The van der Waals surface area contributed by atoms with Crippen LogP contribution >= 0.6 is 0 Å². The van der Waals surface area contributed by atoms with Crippen molar-refractivity contribution in [2.75, 3.05) is 6.54 Å². The van der Waals surface area contributed by atoms with Gasteiger partial charge in [0.2, 0.25) is 5.91 Å². The van der Waals surface area contributed by atoms with Gasteiger partial charge in [0.05, 0.1) is 5.41 Å². The van der Waals surface area contributed by atoms with Crippen LogP contribution in [0.3, 0.4) is 0 Å². The molecule has 3 N–H and O–H groups in total. The van der Waals surface area contributed by atoms with Gasteiger partial charge in [-0.05, 0) is 50.3 Å². The van der Waals surface area contributed by atoms with Crippen LogP contribution in [0.4, 0.5) is 0 Å². The summed E-state index contributed by atoms with van der Waals surface area (Å²) in [5.74, 6) is 0.126. The number of carbonyl (C=O) groups is 1. The molecule has 0 unspecified atom stereocenters. The Kier molecular flexibility index (Phi) is 3.95. The molecule has 0 atom stereocenters. The highest BCUT2D eigenvalue weighted by Crippen LogP contribution is 2.40. The fourth-order valence-electron chi connectivity index (χ4n) is 2.97. The van der Waals surface area contributed by atoms with Crippen LogP contribution in [-0.4, -0.2) is 12.5 Å². The van der Waals surface area contributed by atoms with E-state index in [9.17, 15) is 4.79 Å². The molecule has 0 saturated heterocycles.